The van der Waals surface area contributed by atoms with E-state index in [-0.39, 0.29) is 30.3 Å². The van der Waals surface area contributed by atoms with Gasteiger partial charge < -0.3 is 15.4 Å². The topological polar surface area (TPSA) is 80.3 Å². The van der Waals surface area contributed by atoms with Crippen LogP contribution in [0.2, 0.25) is 0 Å². The van der Waals surface area contributed by atoms with E-state index in [4.69, 9.17) is 0 Å². The first-order chi connectivity index (χ1) is 13.1. The van der Waals surface area contributed by atoms with Crippen molar-refractivity contribution in [2.45, 2.75) is 39.8 Å². The molecule has 0 radical (unpaired) electrons. The zero-order chi connectivity index (χ0) is 20.9. The Hall–Kier alpha value is -3.10. The monoisotopic (exact) mass is 395 g/mol. The second-order valence-electron chi connectivity index (χ2n) is 6.14. The first-order valence-electron chi connectivity index (χ1n) is 8.49. The molecule has 2 amide bonds. The second kappa shape index (κ2) is 8.73. The van der Waals surface area contributed by atoms with Crippen molar-refractivity contribution in [2.75, 3.05) is 5.32 Å². The number of benzene rings is 1. The smallest absolute Gasteiger partial charge is 0.395 e. The van der Waals surface area contributed by atoms with Gasteiger partial charge in [0.1, 0.15) is 5.82 Å². The summed E-state index contributed by atoms with van der Waals surface area (Å²) >= 11 is 0. The third-order valence-corrected chi connectivity index (χ3v) is 3.54. The number of nitrogens with one attached hydrogen (secondary N) is 2. The number of rotatable bonds is 7. The van der Waals surface area contributed by atoms with E-state index in [1.165, 1.54) is 18.2 Å². The highest BCUT2D eigenvalue weighted by Gasteiger charge is 2.25. The molecule has 28 heavy (non-hydrogen) atoms. The fourth-order valence-corrected chi connectivity index (χ4v) is 2.31. The Balaban J connectivity index is 2.10. The van der Waals surface area contributed by atoms with Crippen molar-refractivity contribution in [1.82, 2.24) is 10.3 Å². The molecular formula is C19H20F3N3O3. The highest BCUT2D eigenvalue weighted by atomic mass is 19.3. The van der Waals surface area contributed by atoms with Crippen LogP contribution < -0.4 is 15.4 Å². The van der Waals surface area contributed by atoms with Gasteiger partial charge in [-0.1, -0.05) is 13.0 Å². The second-order valence-corrected chi connectivity index (χ2v) is 6.14. The van der Waals surface area contributed by atoms with E-state index in [0.29, 0.717) is 18.2 Å². The van der Waals surface area contributed by atoms with Gasteiger partial charge >= 0.3 is 6.11 Å². The fraction of sp³-hybridized carbons (Fsp3) is 0.316. The molecule has 0 atom stereocenters. The lowest BCUT2D eigenvalue weighted by molar-refractivity contribution is -0.160. The molecule has 1 aromatic heterocycles. The van der Waals surface area contributed by atoms with Crippen LogP contribution in [0.5, 0.6) is 5.75 Å². The first-order valence-corrected chi connectivity index (χ1v) is 8.49. The molecule has 0 fully saturated rings. The zero-order valence-corrected chi connectivity index (χ0v) is 15.6. The number of aromatic nitrogens is 1. The lowest BCUT2D eigenvalue weighted by atomic mass is 10.1. The minimum Gasteiger partial charge on any atom is -0.430 e. The number of alkyl halides is 2. The number of hydrogen-bond acceptors (Lipinski definition) is 4. The predicted octanol–water partition coefficient (Wildman–Crippen LogP) is 3.80. The molecule has 0 aliphatic rings. The molecule has 2 aromatic rings. The maximum absolute atomic E-state index is 13.6. The Morgan fingerprint density at radius 1 is 1.21 bits per heavy atom. The van der Waals surface area contributed by atoms with Crippen LogP contribution in [0, 0.1) is 12.7 Å². The molecule has 1 heterocycles. The predicted molar refractivity (Wildman–Crippen MR) is 96.7 cm³/mol. The van der Waals surface area contributed by atoms with Gasteiger partial charge in [0.15, 0.2) is 11.6 Å². The van der Waals surface area contributed by atoms with Crippen LogP contribution in [-0.2, 0) is 11.3 Å². The highest BCUT2D eigenvalue weighted by Crippen LogP contribution is 2.25. The lowest BCUT2D eigenvalue weighted by Crippen LogP contribution is -2.24. The van der Waals surface area contributed by atoms with Crippen molar-refractivity contribution in [2.24, 2.45) is 0 Å². The van der Waals surface area contributed by atoms with Crippen LogP contribution >= 0.6 is 0 Å². The van der Waals surface area contributed by atoms with Gasteiger partial charge in [-0.15, -0.1) is 0 Å². The van der Waals surface area contributed by atoms with Crippen LogP contribution in [0.3, 0.4) is 0 Å². The van der Waals surface area contributed by atoms with Gasteiger partial charge in [0, 0.05) is 31.1 Å². The van der Waals surface area contributed by atoms with Gasteiger partial charge in [0.2, 0.25) is 5.91 Å². The maximum Gasteiger partial charge on any atom is 0.395 e. The van der Waals surface area contributed by atoms with E-state index in [1.54, 1.807) is 13.8 Å². The SMILES string of the molecule is CCC(=O)Nc1cc(C(=O)NCc2ccc(F)c(OC(C)(F)F)c2)cc(C)n1. The summed E-state index contributed by atoms with van der Waals surface area (Å²) in [6.07, 6.45) is -3.26. The number of carbonyl (C=O) groups excluding carboxylic acids is 2. The molecule has 6 nitrogen and oxygen atoms in total. The van der Waals surface area contributed by atoms with Crippen molar-refractivity contribution >= 4 is 17.6 Å². The van der Waals surface area contributed by atoms with Crippen LogP contribution in [-0.4, -0.2) is 22.9 Å². The molecule has 1 aromatic carbocycles. The standard InChI is InChI=1S/C19H20F3N3O3/c1-4-17(26)25-16-9-13(7-11(2)24-16)18(27)23-10-12-5-6-14(20)15(8-12)28-19(3,21)22/h5-9H,4,10H2,1-3H3,(H,23,27)(H,24,25,26). The van der Waals surface area contributed by atoms with Gasteiger partial charge in [-0.25, -0.2) is 9.37 Å². The summed E-state index contributed by atoms with van der Waals surface area (Å²) < 4.78 is 43.8. The molecule has 0 saturated heterocycles. The number of halogens is 3. The average molecular weight is 395 g/mol. The summed E-state index contributed by atoms with van der Waals surface area (Å²) in [5, 5.41) is 5.18. The summed E-state index contributed by atoms with van der Waals surface area (Å²) in [6.45, 7) is 3.82. The Bertz CT molecular complexity index is 882. The largest absolute Gasteiger partial charge is 0.430 e. The summed E-state index contributed by atoms with van der Waals surface area (Å²) in [6, 6.07) is 6.39. The molecule has 0 bridgehead atoms. The van der Waals surface area contributed by atoms with Gasteiger partial charge in [-0.3, -0.25) is 9.59 Å². The number of anilines is 1. The van der Waals surface area contributed by atoms with Crippen LogP contribution in [0.4, 0.5) is 19.0 Å². The quantitative estimate of drug-likeness (QED) is 0.747. The van der Waals surface area contributed by atoms with E-state index in [1.807, 2.05) is 0 Å². The molecule has 0 unspecified atom stereocenters. The molecular weight excluding hydrogens is 375 g/mol. The van der Waals surface area contributed by atoms with E-state index in [2.05, 4.69) is 20.4 Å². The van der Waals surface area contributed by atoms with E-state index < -0.39 is 23.6 Å². The molecule has 0 spiro atoms. The molecule has 2 rings (SSSR count). The van der Waals surface area contributed by atoms with Crippen molar-refractivity contribution in [3.63, 3.8) is 0 Å². The van der Waals surface area contributed by atoms with Gasteiger partial charge in [-0.2, -0.15) is 8.78 Å². The normalized spacial score (nSPS) is 11.1. The van der Waals surface area contributed by atoms with Crippen LogP contribution in [0.25, 0.3) is 0 Å². The highest BCUT2D eigenvalue weighted by molar-refractivity contribution is 5.96. The summed E-state index contributed by atoms with van der Waals surface area (Å²) in [7, 11) is 0. The molecule has 0 saturated carbocycles. The zero-order valence-electron chi connectivity index (χ0n) is 15.6. The van der Waals surface area contributed by atoms with E-state index in [9.17, 15) is 22.8 Å². The van der Waals surface area contributed by atoms with Gasteiger partial charge in [0.25, 0.3) is 5.91 Å². The third-order valence-electron chi connectivity index (χ3n) is 3.54. The molecule has 9 heteroatoms. The number of amides is 2. The summed E-state index contributed by atoms with van der Waals surface area (Å²) in [4.78, 5) is 28.0. The fourth-order valence-electron chi connectivity index (χ4n) is 2.31. The van der Waals surface area contributed by atoms with E-state index in [0.717, 1.165) is 12.1 Å². The van der Waals surface area contributed by atoms with Crippen molar-refractivity contribution in [3.05, 3.63) is 53.0 Å². The molecule has 2 N–H and O–H groups in total. The van der Waals surface area contributed by atoms with Gasteiger partial charge in [0.05, 0.1) is 0 Å². The molecule has 0 aliphatic heterocycles. The van der Waals surface area contributed by atoms with Crippen LogP contribution in [0.15, 0.2) is 30.3 Å². The summed E-state index contributed by atoms with van der Waals surface area (Å²) in [5.41, 5.74) is 1.17. The Labute approximate surface area is 160 Å². The number of pyridine rings is 1. The third kappa shape index (κ3) is 6.26. The number of hydrogen-bond donors (Lipinski definition) is 2. The lowest BCUT2D eigenvalue weighted by Gasteiger charge is -2.15. The number of nitrogens with zero attached hydrogens (tertiary/aromatic N) is 1. The Morgan fingerprint density at radius 2 is 1.93 bits per heavy atom. The average Bonchev–Trinajstić information content (AvgIpc) is 2.60. The Kier molecular flexibility index (Phi) is 6.61. The van der Waals surface area contributed by atoms with Crippen molar-refractivity contribution in [1.29, 1.82) is 0 Å². The maximum atomic E-state index is 13.6. The van der Waals surface area contributed by atoms with Crippen LogP contribution in [0.1, 0.15) is 41.9 Å². The summed E-state index contributed by atoms with van der Waals surface area (Å²) in [5.74, 6) is -2.00. The number of carbonyl (C=O) groups is 2. The van der Waals surface area contributed by atoms with Crippen molar-refractivity contribution in [3.8, 4) is 5.75 Å². The minimum absolute atomic E-state index is 0.0389. The van der Waals surface area contributed by atoms with Gasteiger partial charge in [-0.05, 0) is 36.8 Å². The Morgan fingerprint density at radius 3 is 2.57 bits per heavy atom. The first kappa shape index (κ1) is 21.2. The number of ether oxygens (including phenoxy) is 1. The van der Waals surface area contributed by atoms with Crippen molar-refractivity contribution < 1.29 is 27.5 Å². The molecule has 150 valence electrons. The van der Waals surface area contributed by atoms with E-state index >= 15 is 0 Å². The minimum atomic E-state index is -3.53. The molecule has 0 aliphatic carbocycles. The number of aryl methyl sites for hydroxylation is 1.